The number of nitrogens with one attached hydrogen (secondary N) is 2. The molecule has 0 bridgehead atoms. The molecule has 1 amide bonds. The molecular formula is C15H13Cl2N3O3. The molecule has 0 aromatic heterocycles. The maximum Gasteiger partial charge on any atom is 0.293 e. The molecule has 0 fully saturated rings. The normalized spacial score (nSPS) is 10.2. The number of hydrogen-bond acceptors (Lipinski definition) is 4. The molecule has 120 valence electrons. The second-order valence-corrected chi connectivity index (χ2v) is 5.65. The molecule has 0 unspecified atom stereocenters. The minimum absolute atomic E-state index is 0.106. The summed E-state index contributed by atoms with van der Waals surface area (Å²) in [6, 6.07) is 9.41. The molecule has 2 rings (SSSR count). The number of rotatable bonds is 5. The molecule has 0 radical (unpaired) electrons. The first-order valence-electron chi connectivity index (χ1n) is 6.60. The highest BCUT2D eigenvalue weighted by atomic mass is 35.5. The number of nitro groups is 1. The van der Waals surface area contributed by atoms with Crippen molar-refractivity contribution in [3.05, 3.63) is 62.1 Å². The molecule has 0 aliphatic heterocycles. The number of hydrogen-bond donors (Lipinski definition) is 2. The lowest BCUT2D eigenvalue weighted by atomic mass is 10.2. The second-order valence-electron chi connectivity index (χ2n) is 4.80. The van der Waals surface area contributed by atoms with E-state index in [1.165, 1.54) is 12.1 Å². The zero-order valence-electron chi connectivity index (χ0n) is 12.1. The minimum Gasteiger partial charge on any atom is -0.375 e. The Balaban J connectivity index is 2.06. The van der Waals surface area contributed by atoms with Crippen LogP contribution in [0.25, 0.3) is 0 Å². The summed E-state index contributed by atoms with van der Waals surface area (Å²) in [5.41, 5.74) is 1.23. The number of carbonyl (C=O) groups is 1. The Morgan fingerprint density at radius 2 is 1.91 bits per heavy atom. The van der Waals surface area contributed by atoms with Gasteiger partial charge in [-0.15, -0.1) is 0 Å². The van der Waals surface area contributed by atoms with Crippen LogP contribution in [0.1, 0.15) is 5.56 Å². The van der Waals surface area contributed by atoms with Crippen LogP contribution in [-0.4, -0.2) is 17.4 Å². The highest BCUT2D eigenvalue weighted by molar-refractivity contribution is 6.35. The molecule has 6 nitrogen and oxygen atoms in total. The molecule has 2 aromatic carbocycles. The van der Waals surface area contributed by atoms with Gasteiger partial charge in [0.05, 0.1) is 22.2 Å². The smallest absolute Gasteiger partial charge is 0.293 e. The van der Waals surface area contributed by atoms with Gasteiger partial charge in [0.2, 0.25) is 5.91 Å². The number of anilines is 2. The topological polar surface area (TPSA) is 84.3 Å². The van der Waals surface area contributed by atoms with Gasteiger partial charge in [-0.05, 0) is 36.8 Å². The summed E-state index contributed by atoms with van der Waals surface area (Å²) in [5, 5.41) is 17.3. The highest BCUT2D eigenvalue weighted by Gasteiger charge is 2.16. The lowest BCUT2D eigenvalue weighted by Crippen LogP contribution is -2.22. The maximum atomic E-state index is 12.0. The van der Waals surface area contributed by atoms with Crippen LogP contribution in [0.4, 0.5) is 17.1 Å². The maximum absolute atomic E-state index is 12.0. The average molecular weight is 354 g/mol. The summed E-state index contributed by atoms with van der Waals surface area (Å²) in [6.07, 6.45) is 0. The third kappa shape index (κ3) is 4.58. The van der Waals surface area contributed by atoms with E-state index < -0.39 is 10.8 Å². The summed E-state index contributed by atoms with van der Waals surface area (Å²) in [5.74, 6) is -0.437. The predicted molar refractivity (Wildman–Crippen MR) is 91.4 cm³/mol. The quantitative estimate of drug-likeness (QED) is 0.621. The fourth-order valence-corrected chi connectivity index (χ4v) is 2.26. The first-order chi connectivity index (χ1) is 10.9. The molecule has 0 saturated carbocycles. The molecular weight excluding hydrogens is 341 g/mol. The van der Waals surface area contributed by atoms with Crippen molar-refractivity contribution in [1.29, 1.82) is 0 Å². The molecule has 0 atom stereocenters. The van der Waals surface area contributed by atoms with E-state index in [4.69, 9.17) is 23.2 Å². The molecule has 2 aromatic rings. The Kier molecular flexibility index (Phi) is 5.41. The van der Waals surface area contributed by atoms with Crippen LogP contribution < -0.4 is 10.6 Å². The van der Waals surface area contributed by atoms with E-state index in [-0.39, 0.29) is 17.9 Å². The van der Waals surface area contributed by atoms with E-state index in [9.17, 15) is 14.9 Å². The fraction of sp³-hybridized carbons (Fsp3) is 0.133. The van der Waals surface area contributed by atoms with Crippen molar-refractivity contribution in [3.8, 4) is 0 Å². The number of benzene rings is 2. The highest BCUT2D eigenvalue weighted by Crippen LogP contribution is 2.26. The fourth-order valence-electron chi connectivity index (χ4n) is 1.90. The zero-order valence-corrected chi connectivity index (χ0v) is 13.6. The third-order valence-electron chi connectivity index (χ3n) is 2.99. The van der Waals surface area contributed by atoms with Crippen LogP contribution in [0.2, 0.25) is 10.0 Å². The number of carbonyl (C=O) groups excluding carboxylic acids is 1. The lowest BCUT2D eigenvalue weighted by molar-refractivity contribution is -0.384. The molecule has 0 saturated heterocycles. The van der Waals surface area contributed by atoms with Crippen molar-refractivity contribution < 1.29 is 9.72 Å². The van der Waals surface area contributed by atoms with Gasteiger partial charge in [0, 0.05) is 11.1 Å². The number of nitrogens with zero attached hydrogens (tertiary/aromatic N) is 1. The summed E-state index contributed by atoms with van der Waals surface area (Å²) in [4.78, 5) is 22.5. The molecule has 0 spiro atoms. The summed E-state index contributed by atoms with van der Waals surface area (Å²) in [6.45, 7) is 1.63. The molecule has 2 N–H and O–H groups in total. The van der Waals surface area contributed by atoms with Gasteiger partial charge >= 0.3 is 0 Å². The first kappa shape index (κ1) is 17.1. The van der Waals surface area contributed by atoms with Crippen molar-refractivity contribution in [2.45, 2.75) is 6.92 Å². The number of halogens is 2. The minimum atomic E-state index is -0.538. The summed E-state index contributed by atoms with van der Waals surface area (Å²) < 4.78 is 0. The van der Waals surface area contributed by atoms with Crippen LogP contribution in [0.15, 0.2) is 36.4 Å². The Hall–Kier alpha value is -2.31. The molecule has 0 aliphatic carbocycles. The van der Waals surface area contributed by atoms with E-state index in [1.54, 1.807) is 31.2 Å². The van der Waals surface area contributed by atoms with Crippen LogP contribution in [0.5, 0.6) is 0 Å². The van der Waals surface area contributed by atoms with E-state index >= 15 is 0 Å². The Morgan fingerprint density at radius 3 is 2.61 bits per heavy atom. The molecule has 0 aliphatic rings. The molecule has 8 heteroatoms. The van der Waals surface area contributed by atoms with Crippen LogP contribution >= 0.6 is 23.2 Å². The van der Waals surface area contributed by atoms with Gasteiger partial charge in [0.15, 0.2) is 0 Å². The molecule has 23 heavy (non-hydrogen) atoms. The van der Waals surface area contributed by atoms with Crippen LogP contribution in [-0.2, 0) is 4.79 Å². The van der Waals surface area contributed by atoms with Gasteiger partial charge in [-0.25, -0.2) is 0 Å². The Labute approximate surface area is 142 Å². The van der Waals surface area contributed by atoms with Gasteiger partial charge < -0.3 is 10.6 Å². The number of nitro benzene ring substituents is 1. The summed E-state index contributed by atoms with van der Waals surface area (Å²) >= 11 is 11.8. The molecule has 0 heterocycles. The van der Waals surface area contributed by atoms with Crippen molar-refractivity contribution >= 4 is 46.2 Å². The van der Waals surface area contributed by atoms with Gasteiger partial charge in [-0.2, -0.15) is 0 Å². The van der Waals surface area contributed by atoms with Gasteiger partial charge in [0.1, 0.15) is 5.69 Å². The zero-order chi connectivity index (χ0) is 17.0. The van der Waals surface area contributed by atoms with Crippen molar-refractivity contribution in [2.24, 2.45) is 0 Å². The van der Waals surface area contributed by atoms with E-state index in [0.717, 1.165) is 5.56 Å². The lowest BCUT2D eigenvalue weighted by Gasteiger charge is -2.10. The van der Waals surface area contributed by atoms with E-state index in [0.29, 0.717) is 15.7 Å². The number of amides is 1. The van der Waals surface area contributed by atoms with E-state index in [2.05, 4.69) is 10.6 Å². The predicted octanol–water partition coefficient (Wildman–Crippen LogP) is 4.26. The summed E-state index contributed by atoms with van der Waals surface area (Å²) in [7, 11) is 0. The van der Waals surface area contributed by atoms with Crippen molar-refractivity contribution in [1.82, 2.24) is 0 Å². The number of aryl methyl sites for hydroxylation is 1. The standard InChI is InChI=1S/C15H13Cl2N3O3/c1-9-2-5-12(14(6-9)20(22)23)19-15(21)8-18-13-7-10(16)3-4-11(13)17/h2-7,18H,8H2,1H3,(H,19,21). The SMILES string of the molecule is Cc1ccc(NC(=O)CNc2cc(Cl)ccc2Cl)c([N+](=O)[O-])c1. The van der Waals surface area contributed by atoms with E-state index in [1.807, 2.05) is 0 Å². The average Bonchev–Trinajstić information content (AvgIpc) is 2.49. The largest absolute Gasteiger partial charge is 0.375 e. The Bertz CT molecular complexity index is 766. The van der Waals surface area contributed by atoms with Crippen molar-refractivity contribution in [3.63, 3.8) is 0 Å². The Morgan fingerprint density at radius 1 is 1.17 bits per heavy atom. The van der Waals surface area contributed by atoms with Crippen LogP contribution in [0, 0.1) is 17.0 Å². The van der Waals surface area contributed by atoms with Crippen LogP contribution in [0.3, 0.4) is 0 Å². The third-order valence-corrected chi connectivity index (χ3v) is 3.56. The van der Waals surface area contributed by atoms with Gasteiger partial charge in [0.25, 0.3) is 5.69 Å². The van der Waals surface area contributed by atoms with Gasteiger partial charge in [-0.1, -0.05) is 29.3 Å². The van der Waals surface area contributed by atoms with Crippen molar-refractivity contribution in [2.75, 3.05) is 17.2 Å². The first-order valence-corrected chi connectivity index (χ1v) is 7.36. The van der Waals surface area contributed by atoms with Gasteiger partial charge in [-0.3, -0.25) is 14.9 Å². The second kappa shape index (κ2) is 7.30. The monoisotopic (exact) mass is 353 g/mol.